The van der Waals surface area contributed by atoms with E-state index in [-0.39, 0.29) is 17.1 Å². The lowest BCUT2D eigenvalue weighted by Crippen LogP contribution is -2.05. The summed E-state index contributed by atoms with van der Waals surface area (Å²) in [6.07, 6.45) is 4.54. The van der Waals surface area contributed by atoms with Crippen LogP contribution >= 0.6 is 0 Å². The van der Waals surface area contributed by atoms with Gasteiger partial charge in [-0.25, -0.2) is 0 Å². The summed E-state index contributed by atoms with van der Waals surface area (Å²) >= 11 is 0. The molecule has 1 atom stereocenters. The monoisotopic (exact) mass is 192 g/mol. The molecule has 1 aliphatic carbocycles. The summed E-state index contributed by atoms with van der Waals surface area (Å²) in [5.41, 5.74) is 0.980. The first-order valence-electron chi connectivity index (χ1n) is 5.11. The molecule has 0 radical (unpaired) electrons. The van der Waals surface area contributed by atoms with Crippen molar-refractivity contribution in [2.45, 2.75) is 33.7 Å². The normalized spacial score (nSPS) is 23.5. The third kappa shape index (κ3) is 1.47. The van der Waals surface area contributed by atoms with Crippen LogP contribution < -0.4 is 0 Å². The van der Waals surface area contributed by atoms with Gasteiger partial charge in [-0.1, -0.05) is 13.8 Å². The van der Waals surface area contributed by atoms with Gasteiger partial charge in [0, 0.05) is 18.7 Å². The molecule has 1 aromatic heterocycles. The van der Waals surface area contributed by atoms with E-state index in [1.54, 1.807) is 10.9 Å². The lowest BCUT2D eigenvalue weighted by atomic mass is 10.0. The molecule has 0 spiro atoms. The Morgan fingerprint density at radius 3 is 2.79 bits per heavy atom. The van der Waals surface area contributed by atoms with E-state index in [9.17, 15) is 4.79 Å². The minimum absolute atomic E-state index is 0.214. The van der Waals surface area contributed by atoms with Gasteiger partial charge in [0.25, 0.3) is 0 Å². The Bertz CT molecular complexity index is 365. The molecule has 0 bridgehead atoms. The largest absolute Gasteiger partial charge is 0.294 e. The van der Waals surface area contributed by atoms with Gasteiger partial charge in [-0.2, -0.15) is 5.10 Å². The fourth-order valence-electron chi connectivity index (χ4n) is 1.78. The van der Waals surface area contributed by atoms with Crippen LogP contribution in [-0.4, -0.2) is 15.6 Å². The van der Waals surface area contributed by atoms with Gasteiger partial charge < -0.3 is 0 Å². The second-order valence-electron chi connectivity index (χ2n) is 4.69. The standard InChI is InChI=1S/C11H16N2O/c1-4-13-7-8(6-12-13)10(14)9-5-11(9,2)3/h6-7,9H,4-5H2,1-3H3. The smallest absolute Gasteiger partial charge is 0.169 e. The number of carbonyl (C=O) groups is 1. The molecule has 1 aliphatic rings. The van der Waals surface area contributed by atoms with Crippen molar-refractivity contribution >= 4 is 5.78 Å². The molecule has 0 N–H and O–H groups in total. The minimum Gasteiger partial charge on any atom is -0.294 e. The number of carbonyl (C=O) groups excluding carboxylic acids is 1. The maximum Gasteiger partial charge on any atom is 0.169 e. The SMILES string of the molecule is CCn1cc(C(=O)C2CC2(C)C)cn1. The lowest BCUT2D eigenvalue weighted by Gasteiger charge is -1.99. The first-order chi connectivity index (χ1) is 6.54. The average molecular weight is 192 g/mol. The van der Waals surface area contributed by atoms with Gasteiger partial charge >= 0.3 is 0 Å². The van der Waals surface area contributed by atoms with Crippen molar-refractivity contribution in [3.05, 3.63) is 18.0 Å². The molecule has 3 heteroatoms. The number of ketones is 1. The van der Waals surface area contributed by atoms with Crippen LogP contribution in [0.2, 0.25) is 0 Å². The van der Waals surface area contributed by atoms with E-state index in [1.165, 1.54) is 0 Å². The maximum absolute atomic E-state index is 11.9. The predicted molar refractivity (Wildman–Crippen MR) is 54.1 cm³/mol. The molecule has 2 rings (SSSR count). The van der Waals surface area contributed by atoms with Crippen molar-refractivity contribution < 1.29 is 4.79 Å². The highest BCUT2D eigenvalue weighted by atomic mass is 16.1. The molecule has 0 aliphatic heterocycles. The van der Waals surface area contributed by atoms with Gasteiger partial charge in [0.1, 0.15) is 0 Å². The summed E-state index contributed by atoms with van der Waals surface area (Å²) < 4.78 is 1.79. The maximum atomic E-state index is 11.9. The Balaban J connectivity index is 2.13. The number of hydrogen-bond acceptors (Lipinski definition) is 2. The highest BCUT2D eigenvalue weighted by molar-refractivity contribution is 5.99. The van der Waals surface area contributed by atoms with Crippen LogP contribution in [0.15, 0.2) is 12.4 Å². The second-order valence-corrected chi connectivity index (χ2v) is 4.69. The van der Waals surface area contributed by atoms with Gasteiger partial charge in [-0.3, -0.25) is 9.48 Å². The van der Waals surface area contributed by atoms with Crippen molar-refractivity contribution in [2.24, 2.45) is 11.3 Å². The third-order valence-corrected chi connectivity index (χ3v) is 3.07. The summed E-state index contributed by atoms with van der Waals surface area (Å²) in [4.78, 5) is 11.9. The first-order valence-corrected chi connectivity index (χ1v) is 5.11. The van der Waals surface area contributed by atoms with Crippen LogP contribution in [0, 0.1) is 11.3 Å². The van der Waals surface area contributed by atoms with E-state index in [0.717, 1.165) is 18.5 Å². The fourth-order valence-corrected chi connectivity index (χ4v) is 1.78. The van der Waals surface area contributed by atoms with E-state index < -0.39 is 0 Å². The van der Waals surface area contributed by atoms with Crippen LogP contribution in [0.5, 0.6) is 0 Å². The molecule has 76 valence electrons. The molecular weight excluding hydrogens is 176 g/mol. The highest BCUT2D eigenvalue weighted by Gasteiger charge is 2.50. The number of aryl methyl sites for hydroxylation is 1. The molecule has 1 fully saturated rings. The highest BCUT2D eigenvalue weighted by Crippen LogP contribution is 2.52. The quantitative estimate of drug-likeness (QED) is 0.688. The zero-order valence-electron chi connectivity index (χ0n) is 8.95. The van der Waals surface area contributed by atoms with Crippen molar-refractivity contribution in [3.8, 4) is 0 Å². The van der Waals surface area contributed by atoms with E-state index in [1.807, 2.05) is 13.1 Å². The molecule has 3 nitrogen and oxygen atoms in total. The van der Waals surface area contributed by atoms with Gasteiger partial charge in [0.15, 0.2) is 5.78 Å². The molecule has 1 unspecified atom stereocenters. The molecule has 0 saturated heterocycles. The molecule has 14 heavy (non-hydrogen) atoms. The van der Waals surface area contributed by atoms with Gasteiger partial charge in [0.05, 0.1) is 11.8 Å². The molecule has 0 aromatic carbocycles. The van der Waals surface area contributed by atoms with Crippen molar-refractivity contribution in [3.63, 3.8) is 0 Å². The number of aromatic nitrogens is 2. The van der Waals surface area contributed by atoms with Gasteiger partial charge in [-0.05, 0) is 18.8 Å². The lowest BCUT2D eigenvalue weighted by molar-refractivity contribution is 0.0953. The molecule has 1 aromatic rings. The van der Waals surface area contributed by atoms with Gasteiger partial charge in [0.2, 0.25) is 0 Å². The van der Waals surface area contributed by atoms with Crippen molar-refractivity contribution in [1.82, 2.24) is 9.78 Å². The zero-order valence-corrected chi connectivity index (χ0v) is 8.95. The average Bonchev–Trinajstić information content (AvgIpc) is 2.64. The topological polar surface area (TPSA) is 34.9 Å². The Hall–Kier alpha value is -1.12. The number of rotatable bonds is 3. The molecular formula is C11H16N2O. The summed E-state index contributed by atoms with van der Waals surface area (Å²) in [6, 6.07) is 0. The summed E-state index contributed by atoms with van der Waals surface area (Å²) in [5.74, 6) is 0.478. The van der Waals surface area contributed by atoms with Crippen LogP contribution in [0.4, 0.5) is 0 Å². The van der Waals surface area contributed by atoms with Crippen LogP contribution in [0.1, 0.15) is 37.6 Å². The summed E-state index contributed by atoms with van der Waals surface area (Å²) in [6.45, 7) is 7.11. The summed E-state index contributed by atoms with van der Waals surface area (Å²) in [7, 11) is 0. The fraction of sp³-hybridized carbons (Fsp3) is 0.636. The third-order valence-electron chi connectivity index (χ3n) is 3.07. The van der Waals surface area contributed by atoms with E-state index >= 15 is 0 Å². The molecule has 1 heterocycles. The number of Topliss-reactive ketones (excluding diaryl/α,β-unsaturated/α-hetero) is 1. The second kappa shape index (κ2) is 2.94. The van der Waals surface area contributed by atoms with Crippen LogP contribution in [0.25, 0.3) is 0 Å². The molecule has 1 saturated carbocycles. The Labute approximate surface area is 84.1 Å². The van der Waals surface area contributed by atoms with Crippen molar-refractivity contribution in [1.29, 1.82) is 0 Å². The van der Waals surface area contributed by atoms with Gasteiger partial charge in [-0.15, -0.1) is 0 Å². The van der Waals surface area contributed by atoms with E-state index in [0.29, 0.717) is 0 Å². The Morgan fingerprint density at radius 2 is 2.36 bits per heavy atom. The number of hydrogen-bond donors (Lipinski definition) is 0. The predicted octanol–water partition coefficient (Wildman–Crippen LogP) is 2.13. The zero-order chi connectivity index (χ0) is 10.3. The minimum atomic E-state index is 0.214. The Morgan fingerprint density at radius 1 is 1.71 bits per heavy atom. The van der Waals surface area contributed by atoms with Crippen LogP contribution in [-0.2, 0) is 6.54 Å². The number of nitrogens with zero attached hydrogens (tertiary/aromatic N) is 2. The molecule has 0 amide bonds. The van der Waals surface area contributed by atoms with E-state index in [4.69, 9.17) is 0 Å². The van der Waals surface area contributed by atoms with Crippen LogP contribution in [0.3, 0.4) is 0 Å². The van der Waals surface area contributed by atoms with E-state index in [2.05, 4.69) is 18.9 Å². The van der Waals surface area contributed by atoms with Crippen molar-refractivity contribution in [2.75, 3.05) is 0 Å². The summed E-state index contributed by atoms with van der Waals surface area (Å²) in [5, 5.41) is 4.11. The Kier molecular flexibility index (Phi) is 1.98. The first kappa shape index (κ1) is 9.44.